The van der Waals surface area contributed by atoms with Crippen molar-refractivity contribution in [1.82, 2.24) is 5.32 Å². The van der Waals surface area contributed by atoms with Gasteiger partial charge in [-0.3, -0.25) is 4.79 Å². The Bertz CT molecular complexity index is 433. The second-order valence-electron chi connectivity index (χ2n) is 3.84. The first-order chi connectivity index (χ1) is 9.08. The minimum Gasteiger partial charge on any atom is -0.467 e. The van der Waals surface area contributed by atoms with Crippen molar-refractivity contribution in [3.8, 4) is 0 Å². The van der Waals surface area contributed by atoms with Crippen molar-refractivity contribution in [1.29, 1.82) is 0 Å². The number of carbonyl (C=O) groups excluding carboxylic acids is 2. The van der Waals surface area contributed by atoms with Gasteiger partial charge in [-0.15, -0.1) is 0 Å². The molecule has 1 atom stereocenters. The fourth-order valence-electron chi connectivity index (χ4n) is 1.47. The zero-order valence-electron chi connectivity index (χ0n) is 10.8. The minimum atomic E-state index is -0.707. The summed E-state index contributed by atoms with van der Waals surface area (Å²) in [4.78, 5) is 23.5. The van der Waals surface area contributed by atoms with Crippen molar-refractivity contribution in [2.75, 3.05) is 20.8 Å². The molecule has 0 unspecified atom stereocenters. The van der Waals surface area contributed by atoms with Crippen molar-refractivity contribution >= 4 is 27.8 Å². The standard InChI is InChI=1S/C13H16BrNO4/c1-18-8-7-11(13(17)19-2)15-12(16)9-3-5-10(14)6-4-9/h3-6,11H,7-8H2,1-2H3,(H,15,16)/t11-/m0/s1. The minimum absolute atomic E-state index is 0.320. The molecule has 0 aliphatic heterocycles. The van der Waals surface area contributed by atoms with Crippen LogP contribution in [-0.2, 0) is 14.3 Å². The third kappa shape index (κ3) is 5.00. The summed E-state index contributed by atoms with van der Waals surface area (Å²) in [7, 11) is 2.82. The Morgan fingerprint density at radius 2 is 1.89 bits per heavy atom. The van der Waals surface area contributed by atoms with E-state index >= 15 is 0 Å². The maximum absolute atomic E-state index is 12.0. The van der Waals surface area contributed by atoms with Crippen LogP contribution in [-0.4, -0.2) is 38.7 Å². The number of nitrogens with one attached hydrogen (secondary N) is 1. The number of ether oxygens (including phenoxy) is 2. The normalized spacial score (nSPS) is 11.7. The van der Waals surface area contributed by atoms with Gasteiger partial charge in [0.2, 0.25) is 0 Å². The van der Waals surface area contributed by atoms with Gasteiger partial charge in [-0.1, -0.05) is 15.9 Å². The number of esters is 1. The van der Waals surface area contributed by atoms with Gasteiger partial charge in [0.25, 0.3) is 5.91 Å². The van der Waals surface area contributed by atoms with Crippen LogP contribution in [0.4, 0.5) is 0 Å². The van der Waals surface area contributed by atoms with E-state index in [1.54, 1.807) is 24.3 Å². The predicted molar refractivity (Wildman–Crippen MR) is 73.9 cm³/mol. The van der Waals surface area contributed by atoms with Crippen molar-refractivity contribution < 1.29 is 19.1 Å². The largest absolute Gasteiger partial charge is 0.467 e. The lowest BCUT2D eigenvalue weighted by Crippen LogP contribution is -2.42. The van der Waals surface area contributed by atoms with E-state index in [1.807, 2.05) is 0 Å². The molecule has 1 aromatic rings. The highest BCUT2D eigenvalue weighted by Crippen LogP contribution is 2.10. The first-order valence-electron chi connectivity index (χ1n) is 5.71. The summed E-state index contributed by atoms with van der Waals surface area (Å²) in [5.74, 6) is -0.804. The average molecular weight is 330 g/mol. The molecule has 0 aromatic heterocycles. The second kappa shape index (κ2) is 7.91. The van der Waals surface area contributed by atoms with Crippen LogP contribution >= 0.6 is 15.9 Å². The summed E-state index contributed by atoms with van der Waals surface area (Å²) in [5.41, 5.74) is 0.481. The van der Waals surface area contributed by atoms with Crippen molar-refractivity contribution in [2.24, 2.45) is 0 Å². The SMILES string of the molecule is COCC[C@H](NC(=O)c1ccc(Br)cc1)C(=O)OC. The summed E-state index contributed by atoms with van der Waals surface area (Å²) in [6, 6.07) is 6.16. The molecule has 0 saturated heterocycles. The van der Waals surface area contributed by atoms with Gasteiger partial charge in [0.15, 0.2) is 0 Å². The lowest BCUT2D eigenvalue weighted by atomic mass is 10.1. The van der Waals surface area contributed by atoms with E-state index < -0.39 is 12.0 Å². The molecule has 1 aromatic carbocycles. The van der Waals surface area contributed by atoms with E-state index in [-0.39, 0.29) is 5.91 Å². The number of carbonyl (C=O) groups is 2. The zero-order valence-corrected chi connectivity index (χ0v) is 12.4. The number of rotatable bonds is 6. The summed E-state index contributed by atoms with van der Waals surface area (Å²) in [6.07, 6.45) is 0.367. The molecule has 19 heavy (non-hydrogen) atoms. The molecule has 0 spiro atoms. The maximum atomic E-state index is 12.0. The van der Waals surface area contributed by atoms with Gasteiger partial charge in [0, 0.05) is 30.2 Å². The molecular weight excluding hydrogens is 314 g/mol. The molecule has 6 heteroatoms. The van der Waals surface area contributed by atoms with Gasteiger partial charge in [0.05, 0.1) is 7.11 Å². The summed E-state index contributed by atoms with van der Waals surface area (Å²) >= 11 is 3.29. The van der Waals surface area contributed by atoms with Crippen LogP contribution in [0.3, 0.4) is 0 Å². The first-order valence-corrected chi connectivity index (χ1v) is 6.51. The molecule has 0 bridgehead atoms. The van der Waals surface area contributed by atoms with Crippen LogP contribution in [0.25, 0.3) is 0 Å². The van der Waals surface area contributed by atoms with Crippen LogP contribution in [0.1, 0.15) is 16.8 Å². The molecule has 1 rings (SSSR count). The lowest BCUT2D eigenvalue weighted by Gasteiger charge is -2.16. The van der Waals surface area contributed by atoms with Crippen molar-refractivity contribution in [3.05, 3.63) is 34.3 Å². The number of halogens is 1. The number of methoxy groups -OCH3 is 2. The van der Waals surface area contributed by atoms with Crippen LogP contribution in [0.15, 0.2) is 28.7 Å². The Kier molecular flexibility index (Phi) is 6.52. The third-order valence-electron chi connectivity index (χ3n) is 2.51. The maximum Gasteiger partial charge on any atom is 0.328 e. The van der Waals surface area contributed by atoms with E-state index in [9.17, 15) is 9.59 Å². The molecular formula is C13H16BrNO4. The van der Waals surface area contributed by atoms with Gasteiger partial charge in [-0.2, -0.15) is 0 Å². The Hall–Kier alpha value is -1.40. The van der Waals surface area contributed by atoms with E-state index in [2.05, 4.69) is 26.0 Å². The molecule has 1 amide bonds. The number of hydrogen-bond donors (Lipinski definition) is 1. The fraction of sp³-hybridized carbons (Fsp3) is 0.385. The summed E-state index contributed by atoms with van der Waals surface area (Å²) < 4.78 is 10.4. The Balaban J connectivity index is 2.69. The summed E-state index contributed by atoms with van der Waals surface area (Å²) in [6.45, 7) is 0.361. The van der Waals surface area contributed by atoms with Gasteiger partial charge in [-0.25, -0.2) is 4.79 Å². The van der Waals surface area contributed by atoms with Crippen LogP contribution in [0, 0.1) is 0 Å². The molecule has 1 N–H and O–H groups in total. The highest BCUT2D eigenvalue weighted by atomic mass is 79.9. The quantitative estimate of drug-likeness (QED) is 0.807. The van der Waals surface area contributed by atoms with E-state index in [4.69, 9.17) is 4.74 Å². The predicted octanol–water partition coefficient (Wildman–Crippen LogP) is 1.76. The Morgan fingerprint density at radius 1 is 1.26 bits per heavy atom. The highest BCUT2D eigenvalue weighted by molar-refractivity contribution is 9.10. The smallest absolute Gasteiger partial charge is 0.328 e. The molecule has 0 aliphatic rings. The fourth-order valence-corrected chi connectivity index (χ4v) is 1.73. The number of benzene rings is 1. The zero-order chi connectivity index (χ0) is 14.3. The number of hydrogen-bond acceptors (Lipinski definition) is 4. The monoisotopic (exact) mass is 329 g/mol. The van der Waals surface area contributed by atoms with E-state index in [0.29, 0.717) is 18.6 Å². The first kappa shape index (κ1) is 15.7. The molecule has 0 saturated carbocycles. The van der Waals surface area contributed by atoms with Crippen molar-refractivity contribution in [3.63, 3.8) is 0 Å². The van der Waals surface area contributed by atoms with E-state index in [0.717, 1.165) is 4.47 Å². The van der Waals surface area contributed by atoms with Crippen LogP contribution in [0.2, 0.25) is 0 Å². The molecule has 5 nitrogen and oxygen atoms in total. The van der Waals surface area contributed by atoms with Crippen LogP contribution < -0.4 is 5.32 Å². The highest BCUT2D eigenvalue weighted by Gasteiger charge is 2.21. The van der Waals surface area contributed by atoms with Gasteiger partial charge in [-0.05, 0) is 24.3 Å². The average Bonchev–Trinajstić information content (AvgIpc) is 2.43. The molecule has 104 valence electrons. The Labute approximate surface area is 120 Å². The number of amides is 1. The van der Waals surface area contributed by atoms with Gasteiger partial charge in [0.1, 0.15) is 6.04 Å². The van der Waals surface area contributed by atoms with E-state index in [1.165, 1.54) is 14.2 Å². The summed E-state index contributed by atoms with van der Waals surface area (Å²) in [5, 5.41) is 2.63. The topological polar surface area (TPSA) is 64.6 Å². The lowest BCUT2D eigenvalue weighted by molar-refractivity contribution is -0.143. The third-order valence-corrected chi connectivity index (χ3v) is 3.04. The van der Waals surface area contributed by atoms with Gasteiger partial charge >= 0.3 is 5.97 Å². The second-order valence-corrected chi connectivity index (χ2v) is 4.75. The molecule has 0 heterocycles. The van der Waals surface area contributed by atoms with Crippen molar-refractivity contribution in [2.45, 2.75) is 12.5 Å². The molecule has 0 radical (unpaired) electrons. The van der Waals surface area contributed by atoms with Crippen LogP contribution in [0.5, 0.6) is 0 Å². The molecule has 0 fully saturated rings. The molecule has 0 aliphatic carbocycles. The Morgan fingerprint density at radius 3 is 2.42 bits per heavy atom. The van der Waals surface area contributed by atoms with Gasteiger partial charge < -0.3 is 14.8 Å².